The summed E-state index contributed by atoms with van der Waals surface area (Å²) < 4.78 is 2.01. The Balaban J connectivity index is 1.92. The van der Waals surface area contributed by atoms with Gasteiger partial charge in [-0.25, -0.2) is 0 Å². The fraction of sp³-hybridized carbons (Fsp3) is 0.769. The highest BCUT2D eigenvalue weighted by Crippen LogP contribution is 2.31. The van der Waals surface area contributed by atoms with Crippen LogP contribution in [0.3, 0.4) is 0 Å². The number of aryl methyl sites for hydroxylation is 2. The predicted octanol–water partition coefficient (Wildman–Crippen LogP) is 2.05. The molecule has 0 amide bonds. The lowest BCUT2D eigenvalue weighted by atomic mass is 9.80. The van der Waals surface area contributed by atoms with Gasteiger partial charge in [-0.15, -0.1) is 0 Å². The summed E-state index contributed by atoms with van der Waals surface area (Å²) in [6.45, 7) is 2.06. The molecule has 3 heteroatoms. The lowest BCUT2D eigenvalue weighted by molar-refractivity contribution is 0.262. The van der Waals surface area contributed by atoms with Crippen molar-refractivity contribution < 1.29 is 0 Å². The number of rotatable bonds is 5. The second kappa shape index (κ2) is 5.00. The van der Waals surface area contributed by atoms with Gasteiger partial charge in [-0.05, 0) is 32.4 Å². The summed E-state index contributed by atoms with van der Waals surface area (Å²) in [6, 6.07) is 2.81. The lowest BCUT2D eigenvalue weighted by Crippen LogP contribution is -2.32. The molecule has 0 aromatic carbocycles. The van der Waals surface area contributed by atoms with E-state index in [0.29, 0.717) is 6.04 Å². The Kier molecular flexibility index (Phi) is 3.64. The SMILES string of the molecule is CNC(Cc1cc(C)nn1C)CC1CCC1. The summed E-state index contributed by atoms with van der Waals surface area (Å²) in [4.78, 5) is 0. The molecular formula is C13H23N3. The smallest absolute Gasteiger partial charge is 0.0596 e. The van der Waals surface area contributed by atoms with Gasteiger partial charge in [0.25, 0.3) is 0 Å². The van der Waals surface area contributed by atoms with Gasteiger partial charge >= 0.3 is 0 Å². The van der Waals surface area contributed by atoms with Crippen molar-refractivity contribution >= 4 is 0 Å². The van der Waals surface area contributed by atoms with Crippen LogP contribution >= 0.6 is 0 Å². The Hall–Kier alpha value is -0.830. The second-order valence-electron chi connectivity index (χ2n) is 5.12. The highest BCUT2D eigenvalue weighted by atomic mass is 15.3. The van der Waals surface area contributed by atoms with Crippen LogP contribution in [0.15, 0.2) is 6.07 Å². The van der Waals surface area contributed by atoms with Crippen LogP contribution < -0.4 is 5.32 Å². The zero-order valence-electron chi connectivity index (χ0n) is 10.7. The molecule has 1 aromatic rings. The van der Waals surface area contributed by atoms with Gasteiger partial charge in [0.1, 0.15) is 0 Å². The Morgan fingerprint density at radius 2 is 2.31 bits per heavy atom. The third-order valence-electron chi connectivity index (χ3n) is 3.81. The molecule has 2 rings (SSSR count). The molecule has 0 saturated heterocycles. The molecule has 90 valence electrons. The molecule has 3 nitrogen and oxygen atoms in total. The van der Waals surface area contributed by atoms with Gasteiger partial charge in [0.05, 0.1) is 5.69 Å². The molecule has 1 saturated carbocycles. The molecule has 1 aliphatic rings. The minimum absolute atomic E-state index is 0.611. The van der Waals surface area contributed by atoms with E-state index in [1.54, 1.807) is 0 Å². The van der Waals surface area contributed by atoms with Gasteiger partial charge in [0.15, 0.2) is 0 Å². The number of likely N-dealkylation sites (N-methyl/N-ethyl adjacent to an activating group) is 1. The summed E-state index contributed by atoms with van der Waals surface area (Å²) in [5.74, 6) is 0.965. The number of nitrogens with zero attached hydrogens (tertiary/aromatic N) is 2. The van der Waals surface area contributed by atoms with E-state index in [4.69, 9.17) is 0 Å². The summed E-state index contributed by atoms with van der Waals surface area (Å²) in [5, 5.41) is 7.85. The van der Waals surface area contributed by atoms with E-state index in [0.717, 1.165) is 18.0 Å². The summed E-state index contributed by atoms with van der Waals surface area (Å²) in [7, 11) is 4.12. The molecule has 1 atom stereocenters. The van der Waals surface area contributed by atoms with Crippen molar-refractivity contribution in [3.8, 4) is 0 Å². The van der Waals surface area contributed by atoms with Gasteiger partial charge in [0, 0.05) is 25.2 Å². The molecule has 0 aliphatic heterocycles. The predicted molar refractivity (Wildman–Crippen MR) is 66.5 cm³/mol. The molecule has 1 N–H and O–H groups in total. The standard InChI is InChI=1S/C13H23N3/c1-10-7-13(16(3)15-10)9-12(14-2)8-11-5-4-6-11/h7,11-12,14H,4-6,8-9H2,1-3H3. The maximum absolute atomic E-state index is 4.40. The molecule has 1 unspecified atom stereocenters. The van der Waals surface area contributed by atoms with Gasteiger partial charge in [-0.3, -0.25) is 4.68 Å². The first kappa shape index (κ1) is 11.6. The van der Waals surface area contributed by atoms with Crippen molar-refractivity contribution in [3.05, 3.63) is 17.5 Å². The van der Waals surface area contributed by atoms with Crippen molar-refractivity contribution in [2.45, 2.75) is 45.1 Å². The normalized spacial score (nSPS) is 18.4. The monoisotopic (exact) mass is 221 g/mol. The van der Waals surface area contributed by atoms with Crippen LogP contribution in [0.5, 0.6) is 0 Å². The highest BCUT2D eigenvalue weighted by molar-refractivity contribution is 5.10. The fourth-order valence-corrected chi connectivity index (χ4v) is 2.54. The fourth-order valence-electron chi connectivity index (χ4n) is 2.54. The Morgan fingerprint density at radius 3 is 2.75 bits per heavy atom. The van der Waals surface area contributed by atoms with Crippen LogP contribution in [0.1, 0.15) is 37.1 Å². The average Bonchev–Trinajstić information content (AvgIpc) is 2.49. The minimum atomic E-state index is 0.611. The van der Waals surface area contributed by atoms with Crippen LogP contribution in [-0.4, -0.2) is 22.9 Å². The van der Waals surface area contributed by atoms with Gasteiger partial charge in [-0.1, -0.05) is 19.3 Å². The van der Waals surface area contributed by atoms with E-state index in [-0.39, 0.29) is 0 Å². The molecule has 1 aliphatic carbocycles. The third kappa shape index (κ3) is 2.64. The molecule has 16 heavy (non-hydrogen) atoms. The molecule has 0 bridgehead atoms. The van der Waals surface area contributed by atoms with E-state index < -0.39 is 0 Å². The third-order valence-corrected chi connectivity index (χ3v) is 3.81. The molecule has 1 aromatic heterocycles. The zero-order chi connectivity index (χ0) is 11.5. The van der Waals surface area contributed by atoms with Crippen molar-refractivity contribution in [2.75, 3.05) is 7.05 Å². The quantitative estimate of drug-likeness (QED) is 0.824. The Labute approximate surface area is 98.2 Å². The van der Waals surface area contributed by atoms with Crippen LogP contribution in [-0.2, 0) is 13.5 Å². The summed E-state index contributed by atoms with van der Waals surface area (Å²) in [5.41, 5.74) is 2.46. The number of hydrogen-bond acceptors (Lipinski definition) is 2. The van der Waals surface area contributed by atoms with Gasteiger partial charge in [0.2, 0.25) is 0 Å². The first-order chi connectivity index (χ1) is 7.69. The highest BCUT2D eigenvalue weighted by Gasteiger charge is 2.22. The van der Waals surface area contributed by atoms with Crippen molar-refractivity contribution in [1.29, 1.82) is 0 Å². The molecule has 1 heterocycles. The maximum Gasteiger partial charge on any atom is 0.0596 e. The largest absolute Gasteiger partial charge is 0.317 e. The summed E-state index contributed by atoms with van der Waals surface area (Å²) in [6.07, 6.45) is 6.72. The topological polar surface area (TPSA) is 29.9 Å². The lowest BCUT2D eigenvalue weighted by Gasteiger charge is -2.29. The maximum atomic E-state index is 4.40. The zero-order valence-corrected chi connectivity index (χ0v) is 10.7. The Morgan fingerprint density at radius 1 is 1.56 bits per heavy atom. The molecule has 1 fully saturated rings. The molecule has 0 spiro atoms. The van der Waals surface area contributed by atoms with E-state index >= 15 is 0 Å². The average molecular weight is 221 g/mol. The first-order valence-corrected chi connectivity index (χ1v) is 6.36. The van der Waals surface area contributed by atoms with Crippen LogP contribution in [0.4, 0.5) is 0 Å². The molecule has 0 radical (unpaired) electrons. The first-order valence-electron chi connectivity index (χ1n) is 6.36. The van der Waals surface area contributed by atoms with Crippen LogP contribution in [0.25, 0.3) is 0 Å². The van der Waals surface area contributed by atoms with E-state index in [1.807, 2.05) is 11.7 Å². The molecular weight excluding hydrogens is 198 g/mol. The van der Waals surface area contributed by atoms with Crippen LogP contribution in [0, 0.1) is 12.8 Å². The van der Waals surface area contributed by atoms with Crippen molar-refractivity contribution in [2.24, 2.45) is 13.0 Å². The number of nitrogens with one attached hydrogen (secondary N) is 1. The van der Waals surface area contributed by atoms with E-state index in [9.17, 15) is 0 Å². The van der Waals surface area contributed by atoms with E-state index in [1.165, 1.54) is 31.4 Å². The number of hydrogen-bond donors (Lipinski definition) is 1. The van der Waals surface area contributed by atoms with Gasteiger partial charge in [-0.2, -0.15) is 5.10 Å². The second-order valence-corrected chi connectivity index (χ2v) is 5.12. The summed E-state index contributed by atoms with van der Waals surface area (Å²) >= 11 is 0. The minimum Gasteiger partial charge on any atom is -0.317 e. The van der Waals surface area contributed by atoms with Crippen molar-refractivity contribution in [1.82, 2.24) is 15.1 Å². The Bertz CT molecular complexity index is 339. The van der Waals surface area contributed by atoms with Crippen LogP contribution in [0.2, 0.25) is 0 Å². The van der Waals surface area contributed by atoms with Crippen molar-refractivity contribution in [3.63, 3.8) is 0 Å². The number of aromatic nitrogens is 2. The van der Waals surface area contributed by atoms with E-state index in [2.05, 4.69) is 30.5 Å². The van der Waals surface area contributed by atoms with Gasteiger partial charge < -0.3 is 5.32 Å².